The van der Waals surface area contributed by atoms with Crippen molar-refractivity contribution >= 4 is 16.9 Å². The first-order chi connectivity index (χ1) is 17.3. The molecule has 2 heterocycles. The molecule has 3 atom stereocenters. The Labute approximate surface area is 213 Å². The normalized spacial score (nSPS) is 21.9. The fraction of sp³-hybridized carbons (Fsp3) is 0.433. The molecule has 190 valence electrons. The summed E-state index contributed by atoms with van der Waals surface area (Å²) in [7, 11) is 0. The largest absolute Gasteiger partial charge is 0.491 e. The number of fused-ring (bicyclic) bond motifs is 1. The van der Waals surface area contributed by atoms with Crippen molar-refractivity contribution < 1.29 is 23.7 Å². The van der Waals surface area contributed by atoms with Crippen molar-refractivity contribution in [2.75, 3.05) is 26.3 Å². The Hall–Kier alpha value is -3.09. The summed E-state index contributed by atoms with van der Waals surface area (Å²) in [5.74, 6) is 1.01. The fourth-order valence-electron chi connectivity index (χ4n) is 4.66. The SMILES string of the molecule is CC(C)(C)OC(=O)N1CCC(c2ccc(OCC3CO3)cc2)C(OCc2ccc3ccccc3c2)C1. The van der Waals surface area contributed by atoms with Crippen molar-refractivity contribution in [2.45, 2.75) is 57.5 Å². The maximum atomic E-state index is 12.8. The summed E-state index contributed by atoms with van der Waals surface area (Å²) in [5, 5.41) is 2.41. The number of benzene rings is 3. The van der Waals surface area contributed by atoms with Crippen LogP contribution in [0.15, 0.2) is 66.7 Å². The summed E-state index contributed by atoms with van der Waals surface area (Å²) >= 11 is 0. The van der Waals surface area contributed by atoms with Gasteiger partial charge in [0.2, 0.25) is 0 Å². The first kappa shape index (κ1) is 24.6. The molecule has 0 aromatic heterocycles. The Morgan fingerprint density at radius 2 is 1.78 bits per heavy atom. The minimum Gasteiger partial charge on any atom is -0.491 e. The molecule has 0 aliphatic carbocycles. The molecule has 3 unspecified atom stereocenters. The zero-order valence-corrected chi connectivity index (χ0v) is 21.3. The first-order valence-electron chi connectivity index (χ1n) is 12.8. The number of nitrogens with zero attached hydrogens (tertiary/aromatic N) is 1. The maximum Gasteiger partial charge on any atom is 0.410 e. The molecule has 36 heavy (non-hydrogen) atoms. The van der Waals surface area contributed by atoms with E-state index in [1.807, 2.05) is 45.0 Å². The molecular formula is C30H35NO5. The van der Waals surface area contributed by atoms with Gasteiger partial charge in [-0.2, -0.15) is 0 Å². The van der Waals surface area contributed by atoms with Gasteiger partial charge < -0.3 is 23.8 Å². The number of carbonyl (C=O) groups is 1. The Morgan fingerprint density at radius 3 is 2.50 bits per heavy atom. The molecule has 2 saturated heterocycles. The zero-order valence-electron chi connectivity index (χ0n) is 21.3. The third-order valence-electron chi connectivity index (χ3n) is 6.64. The van der Waals surface area contributed by atoms with Crippen molar-refractivity contribution in [3.05, 3.63) is 77.9 Å². The van der Waals surface area contributed by atoms with Gasteiger partial charge in [0.25, 0.3) is 0 Å². The minimum atomic E-state index is -0.531. The van der Waals surface area contributed by atoms with E-state index in [4.69, 9.17) is 18.9 Å². The third kappa shape index (κ3) is 6.37. The minimum absolute atomic E-state index is 0.149. The predicted octanol–water partition coefficient (Wildman–Crippen LogP) is 5.93. The van der Waals surface area contributed by atoms with Crippen LogP contribution in [0.25, 0.3) is 10.8 Å². The summed E-state index contributed by atoms with van der Waals surface area (Å²) < 4.78 is 23.2. The lowest BCUT2D eigenvalue weighted by Crippen LogP contribution is -2.48. The molecule has 2 fully saturated rings. The van der Waals surface area contributed by atoms with E-state index in [-0.39, 0.29) is 24.2 Å². The van der Waals surface area contributed by atoms with E-state index >= 15 is 0 Å². The summed E-state index contributed by atoms with van der Waals surface area (Å²) in [6.45, 7) is 8.66. The Kier molecular flexibility index (Phi) is 7.17. The Balaban J connectivity index is 1.30. The highest BCUT2D eigenvalue weighted by molar-refractivity contribution is 5.82. The van der Waals surface area contributed by atoms with Crippen LogP contribution in [0.3, 0.4) is 0 Å². The van der Waals surface area contributed by atoms with Crippen LogP contribution in [0.4, 0.5) is 4.79 Å². The van der Waals surface area contributed by atoms with Crippen LogP contribution in [0.5, 0.6) is 5.75 Å². The second kappa shape index (κ2) is 10.5. The summed E-state index contributed by atoms with van der Waals surface area (Å²) in [6, 6.07) is 23.0. The van der Waals surface area contributed by atoms with Gasteiger partial charge in [0, 0.05) is 12.5 Å². The van der Waals surface area contributed by atoms with Crippen molar-refractivity contribution in [1.82, 2.24) is 4.90 Å². The maximum absolute atomic E-state index is 12.8. The molecule has 3 aromatic rings. The molecule has 0 spiro atoms. The first-order valence-corrected chi connectivity index (χ1v) is 12.8. The van der Waals surface area contributed by atoms with Crippen molar-refractivity contribution in [1.29, 1.82) is 0 Å². The van der Waals surface area contributed by atoms with Crippen LogP contribution in [0.1, 0.15) is 44.2 Å². The Bertz CT molecular complexity index is 1180. The molecule has 0 bridgehead atoms. The summed E-state index contributed by atoms with van der Waals surface area (Å²) in [6.07, 6.45) is 0.600. The third-order valence-corrected chi connectivity index (χ3v) is 6.64. The standard InChI is InChI=1S/C30H35NO5/c1-30(2,3)36-29(32)31-15-14-27(23-10-12-25(13-11-23)33-19-26-20-34-26)28(17-31)35-18-21-8-9-22-6-4-5-7-24(22)16-21/h4-13,16,26-28H,14-15,17-20H2,1-3H3. The number of ether oxygens (including phenoxy) is 4. The number of hydrogen-bond acceptors (Lipinski definition) is 5. The second-order valence-corrected chi connectivity index (χ2v) is 10.7. The van der Waals surface area contributed by atoms with Crippen molar-refractivity contribution in [2.24, 2.45) is 0 Å². The predicted molar refractivity (Wildman–Crippen MR) is 139 cm³/mol. The molecular weight excluding hydrogens is 454 g/mol. The second-order valence-electron chi connectivity index (χ2n) is 10.7. The van der Waals surface area contributed by atoms with Crippen LogP contribution in [0, 0.1) is 0 Å². The summed E-state index contributed by atoms with van der Waals surface area (Å²) in [4.78, 5) is 14.6. The lowest BCUT2D eigenvalue weighted by molar-refractivity contribution is -0.0359. The quantitative estimate of drug-likeness (QED) is 0.385. The molecule has 3 aromatic carbocycles. The van der Waals surface area contributed by atoms with Gasteiger partial charge >= 0.3 is 6.09 Å². The molecule has 0 saturated carbocycles. The highest BCUT2D eigenvalue weighted by Gasteiger charge is 2.35. The van der Waals surface area contributed by atoms with E-state index in [2.05, 4.69) is 42.5 Å². The molecule has 6 heteroatoms. The van der Waals surface area contributed by atoms with Gasteiger partial charge in [-0.05, 0) is 67.3 Å². The number of epoxide rings is 1. The molecule has 1 amide bonds. The van der Waals surface area contributed by atoms with E-state index in [0.29, 0.717) is 26.3 Å². The van der Waals surface area contributed by atoms with Gasteiger partial charge in [0.1, 0.15) is 24.1 Å². The van der Waals surface area contributed by atoms with Gasteiger partial charge in [-0.15, -0.1) is 0 Å². The lowest BCUT2D eigenvalue weighted by atomic mass is 9.87. The Morgan fingerprint density at radius 1 is 1.03 bits per heavy atom. The van der Waals surface area contributed by atoms with E-state index < -0.39 is 5.60 Å². The monoisotopic (exact) mass is 489 g/mol. The number of amides is 1. The van der Waals surface area contributed by atoms with Crippen LogP contribution in [-0.4, -0.2) is 55.1 Å². The molecule has 5 rings (SSSR count). The van der Waals surface area contributed by atoms with Gasteiger partial charge in [-0.25, -0.2) is 4.79 Å². The smallest absolute Gasteiger partial charge is 0.410 e. The topological polar surface area (TPSA) is 60.5 Å². The molecule has 0 N–H and O–H groups in total. The number of carbonyl (C=O) groups excluding carboxylic acids is 1. The van der Waals surface area contributed by atoms with Gasteiger partial charge in [0.15, 0.2) is 0 Å². The van der Waals surface area contributed by atoms with Crippen LogP contribution < -0.4 is 4.74 Å². The molecule has 0 radical (unpaired) electrons. The average Bonchev–Trinajstić information content (AvgIpc) is 3.70. The van der Waals surface area contributed by atoms with E-state index in [0.717, 1.165) is 24.3 Å². The lowest BCUT2D eigenvalue weighted by Gasteiger charge is -2.39. The molecule has 2 aliphatic rings. The molecule has 2 aliphatic heterocycles. The number of hydrogen-bond donors (Lipinski definition) is 0. The van der Waals surface area contributed by atoms with E-state index in [9.17, 15) is 4.79 Å². The van der Waals surface area contributed by atoms with E-state index in [1.165, 1.54) is 16.3 Å². The average molecular weight is 490 g/mol. The number of likely N-dealkylation sites (tertiary alicyclic amines) is 1. The van der Waals surface area contributed by atoms with Crippen LogP contribution >= 0.6 is 0 Å². The van der Waals surface area contributed by atoms with Crippen LogP contribution in [0.2, 0.25) is 0 Å². The van der Waals surface area contributed by atoms with Crippen molar-refractivity contribution in [3.63, 3.8) is 0 Å². The molecule has 6 nitrogen and oxygen atoms in total. The van der Waals surface area contributed by atoms with Crippen molar-refractivity contribution in [3.8, 4) is 5.75 Å². The highest BCUT2D eigenvalue weighted by Crippen LogP contribution is 2.33. The van der Waals surface area contributed by atoms with Gasteiger partial charge in [-0.1, -0.05) is 48.5 Å². The van der Waals surface area contributed by atoms with Crippen LogP contribution in [-0.2, 0) is 20.8 Å². The fourth-order valence-corrected chi connectivity index (χ4v) is 4.66. The number of rotatable bonds is 7. The summed E-state index contributed by atoms with van der Waals surface area (Å²) in [5.41, 5.74) is 1.78. The van der Waals surface area contributed by atoms with Gasteiger partial charge in [0.05, 0.1) is 25.9 Å². The number of piperidine rings is 1. The highest BCUT2D eigenvalue weighted by atomic mass is 16.6. The van der Waals surface area contributed by atoms with Gasteiger partial charge in [-0.3, -0.25) is 0 Å². The zero-order chi connectivity index (χ0) is 25.1. The van der Waals surface area contributed by atoms with E-state index in [1.54, 1.807) is 4.90 Å².